The summed E-state index contributed by atoms with van der Waals surface area (Å²) in [5.74, 6) is 0. The van der Waals surface area contributed by atoms with Crippen LogP contribution < -0.4 is 15.6 Å². The summed E-state index contributed by atoms with van der Waals surface area (Å²) in [6.07, 6.45) is 0.486. The van der Waals surface area contributed by atoms with Crippen LogP contribution in [0.25, 0.3) is 22.8 Å². The number of alkyl halides is 3. The van der Waals surface area contributed by atoms with Crippen LogP contribution in [0.4, 0.5) is 18.0 Å². The van der Waals surface area contributed by atoms with E-state index >= 15 is 0 Å². The molecule has 12 heteroatoms. The SMILES string of the molecule is Cc1c(-c2ccnn2-c2ccc(C#N)cc2)n(C(=O)N[C@H](C)c2cc[n+](C)cc2)c(=O)n1-c1cccc(C(F)(F)F)c1. The molecule has 9 nitrogen and oxygen atoms in total. The molecule has 212 valence electrons. The first-order valence-electron chi connectivity index (χ1n) is 12.8. The average Bonchev–Trinajstić information content (AvgIpc) is 3.54. The lowest BCUT2D eigenvalue weighted by atomic mass is 10.1. The number of pyridine rings is 1. The molecular formula is C30H25F3N7O2+. The van der Waals surface area contributed by atoms with Crippen LogP contribution in [-0.2, 0) is 13.2 Å². The Hall–Kier alpha value is -5.44. The summed E-state index contributed by atoms with van der Waals surface area (Å²) in [5.41, 5.74) is 0.643. The van der Waals surface area contributed by atoms with Gasteiger partial charge in [-0.05, 0) is 67.9 Å². The minimum absolute atomic E-state index is 0.0480. The number of nitriles is 1. The number of carbonyl (C=O) groups excluding carboxylic acids is 1. The highest BCUT2D eigenvalue weighted by molar-refractivity contribution is 5.83. The number of rotatable bonds is 5. The van der Waals surface area contributed by atoms with Crippen molar-refractivity contribution >= 4 is 6.03 Å². The molecule has 0 unspecified atom stereocenters. The van der Waals surface area contributed by atoms with Crippen molar-refractivity contribution in [2.24, 2.45) is 7.05 Å². The highest BCUT2D eigenvalue weighted by Gasteiger charge is 2.32. The maximum absolute atomic E-state index is 13.9. The smallest absolute Gasteiger partial charge is 0.331 e. The highest BCUT2D eigenvalue weighted by atomic mass is 19.4. The molecule has 5 rings (SSSR count). The summed E-state index contributed by atoms with van der Waals surface area (Å²) in [6, 6.07) is 16.9. The Morgan fingerprint density at radius 2 is 1.74 bits per heavy atom. The molecule has 0 radical (unpaired) electrons. The minimum atomic E-state index is -4.63. The van der Waals surface area contributed by atoms with E-state index in [0.29, 0.717) is 16.9 Å². The second-order valence-electron chi connectivity index (χ2n) is 9.69. The molecule has 42 heavy (non-hydrogen) atoms. The largest absolute Gasteiger partial charge is 0.416 e. The van der Waals surface area contributed by atoms with E-state index < -0.39 is 29.5 Å². The molecule has 1 amide bonds. The fourth-order valence-corrected chi connectivity index (χ4v) is 4.72. The van der Waals surface area contributed by atoms with Gasteiger partial charge in [-0.25, -0.2) is 23.4 Å². The number of aryl methyl sites for hydroxylation is 1. The molecule has 5 aromatic rings. The Morgan fingerprint density at radius 3 is 2.38 bits per heavy atom. The quantitative estimate of drug-likeness (QED) is 0.305. The van der Waals surface area contributed by atoms with Crippen molar-refractivity contribution < 1.29 is 22.5 Å². The van der Waals surface area contributed by atoms with Crippen LogP contribution in [0.1, 0.15) is 35.3 Å². The molecule has 0 saturated heterocycles. The Labute approximate surface area is 238 Å². The van der Waals surface area contributed by atoms with Gasteiger partial charge in [0.05, 0.1) is 52.2 Å². The van der Waals surface area contributed by atoms with Crippen LogP contribution in [0.2, 0.25) is 0 Å². The second-order valence-corrected chi connectivity index (χ2v) is 9.69. The number of halogens is 3. The molecule has 1 N–H and O–H groups in total. The Kier molecular flexibility index (Phi) is 7.26. The molecule has 1 atom stereocenters. The first kappa shape index (κ1) is 28.1. The van der Waals surface area contributed by atoms with E-state index in [-0.39, 0.29) is 17.1 Å². The second kappa shape index (κ2) is 10.9. The summed E-state index contributed by atoms with van der Waals surface area (Å²) in [4.78, 5) is 27.7. The molecule has 0 spiro atoms. The zero-order valence-electron chi connectivity index (χ0n) is 22.8. The van der Waals surface area contributed by atoms with E-state index in [1.54, 1.807) is 44.2 Å². The van der Waals surface area contributed by atoms with E-state index in [4.69, 9.17) is 0 Å². The molecule has 0 bridgehead atoms. The van der Waals surface area contributed by atoms with Gasteiger partial charge in [-0.3, -0.25) is 4.57 Å². The molecule has 3 heterocycles. The number of benzene rings is 2. The topological polar surface area (TPSA) is 102 Å². The predicted molar refractivity (Wildman–Crippen MR) is 147 cm³/mol. The van der Waals surface area contributed by atoms with Crippen molar-refractivity contribution in [1.82, 2.24) is 24.2 Å². The summed E-state index contributed by atoms with van der Waals surface area (Å²) in [5, 5.41) is 16.4. The van der Waals surface area contributed by atoms with Crippen molar-refractivity contribution in [3.63, 3.8) is 0 Å². The Balaban J connectivity index is 1.69. The summed E-state index contributed by atoms with van der Waals surface area (Å²) in [6.45, 7) is 3.31. The first-order valence-corrected chi connectivity index (χ1v) is 12.8. The third-order valence-electron chi connectivity index (χ3n) is 6.89. The van der Waals surface area contributed by atoms with Gasteiger partial charge in [0.15, 0.2) is 12.4 Å². The van der Waals surface area contributed by atoms with Crippen molar-refractivity contribution in [2.45, 2.75) is 26.1 Å². The maximum atomic E-state index is 13.9. The molecular weight excluding hydrogens is 547 g/mol. The third-order valence-corrected chi connectivity index (χ3v) is 6.89. The standard InChI is InChI=1S/C30H24F3N7O2/c1-19(22-12-15-37(3)16-13-22)36-28(41)39-27(26-11-14-35-40(26)24-9-7-21(18-34)8-10-24)20(2)38(29(39)42)25-6-4-5-23(17-25)30(31,32)33/h4-17,19H,1-3H3/p+1/t19-/m1/s1. The van der Waals surface area contributed by atoms with Crippen LogP contribution in [-0.4, -0.2) is 24.9 Å². The lowest BCUT2D eigenvalue weighted by Crippen LogP contribution is -2.38. The van der Waals surface area contributed by atoms with E-state index in [0.717, 1.165) is 26.8 Å². The van der Waals surface area contributed by atoms with E-state index in [9.17, 15) is 28.0 Å². The van der Waals surface area contributed by atoms with Gasteiger partial charge in [-0.2, -0.15) is 23.5 Å². The fourth-order valence-electron chi connectivity index (χ4n) is 4.72. The third kappa shape index (κ3) is 5.19. The van der Waals surface area contributed by atoms with Gasteiger partial charge in [-0.1, -0.05) is 6.07 Å². The van der Waals surface area contributed by atoms with Gasteiger partial charge in [-0.15, -0.1) is 0 Å². The molecule has 0 aliphatic rings. The lowest BCUT2D eigenvalue weighted by molar-refractivity contribution is -0.671. The summed E-state index contributed by atoms with van der Waals surface area (Å²) < 4.78 is 46.0. The predicted octanol–water partition coefficient (Wildman–Crippen LogP) is 4.83. The number of hydrogen-bond acceptors (Lipinski definition) is 4. The van der Waals surface area contributed by atoms with Crippen LogP contribution in [0, 0.1) is 18.3 Å². The fraction of sp³-hybridized carbons (Fsp3) is 0.167. The van der Waals surface area contributed by atoms with Gasteiger partial charge in [0.2, 0.25) is 0 Å². The van der Waals surface area contributed by atoms with Gasteiger partial charge in [0.25, 0.3) is 0 Å². The molecule has 3 aromatic heterocycles. The van der Waals surface area contributed by atoms with E-state index in [2.05, 4.69) is 10.4 Å². The monoisotopic (exact) mass is 572 g/mol. The molecule has 2 aromatic carbocycles. The number of amides is 1. The zero-order chi connectivity index (χ0) is 30.2. The van der Waals surface area contributed by atoms with Crippen LogP contribution in [0.3, 0.4) is 0 Å². The van der Waals surface area contributed by atoms with Crippen molar-refractivity contribution in [1.29, 1.82) is 5.26 Å². The van der Waals surface area contributed by atoms with Crippen LogP contribution in [0.15, 0.2) is 90.1 Å². The molecule has 0 saturated carbocycles. The lowest BCUT2D eigenvalue weighted by Gasteiger charge is -2.15. The first-order chi connectivity index (χ1) is 20.0. The number of nitrogens with zero attached hydrogens (tertiary/aromatic N) is 6. The highest BCUT2D eigenvalue weighted by Crippen LogP contribution is 2.32. The number of aromatic nitrogens is 5. The molecule has 0 aliphatic heterocycles. The number of hydrogen-bond donors (Lipinski definition) is 1. The zero-order valence-corrected chi connectivity index (χ0v) is 22.8. The van der Waals surface area contributed by atoms with Crippen LogP contribution >= 0.6 is 0 Å². The van der Waals surface area contributed by atoms with E-state index in [1.807, 2.05) is 42.2 Å². The van der Waals surface area contributed by atoms with Gasteiger partial charge < -0.3 is 5.32 Å². The normalized spacial score (nSPS) is 12.1. The number of nitrogens with one attached hydrogen (secondary N) is 1. The summed E-state index contributed by atoms with van der Waals surface area (Å²) in [7, 11) is 1.86. The van der Waals surface area contributed by atoms with Crippen molar-refractivity contribution in [2.75, 3.05) is 0 Å². The number of imidazole rings is 1. The Bertz CT molecular complexity index is 1880. The summed E-state index contributed by atoms with van der Waals surface area (Å²) >= 11 is 0. The van der Waals surface area contributed by atoms with Gasteiger partial charge in [0, 0.05) is 12.1 Å². The molecule has 0 fully saturated rings. The van der Waals surface area contributed by atoms with Gasteiger partial charge in [0.1, 0.15) is 12.7 Å². The van der Waals surface area contributed by atoms with Gasteiger partial charge >= 0.3 is 17.9 Å². The number of carbonyl (C=O) groups is 1. The maximum Gasteiger partial charge on any atom is 0.416 e. The van der Waals surface area contributed by atoms with Crippen molar-refractivity contribution in [3.05, 3.63) is 118 Å². The molecule has 0 aliphatic carbocycles. The van der Waals surface area contributed by atoms with Crippen LogP contribution in [0.5, 0.6) is 0 Å². The van der Waals surface area contributed by atoms with Crippen molar-refractivity contribution in [3.8, 4) is 28.8 Å². The Morgan fingerprint density at radius 1 is 1.05 bits per heavy atom. The van der Waals surface area contributed by atoms with E-state index in [1.165, 1.54) is 23.0 Å². The minimum Gasteiger partial charge on any atom is -0.331 e. The average molecular weight is 573 g/mol.